The van der Waals surface area contributed by atoms with E-state index in [9.17, 15) is 0 Å². The smallest absolute Gasteiger partial charge is 0.00981 e. The standard InChI is InChI=1S/C16H31N/c1-5-7-8-16(17-6-2)15-11-9-14(10-12-15)13(3)4/h5,13-17H,1,6-12H2,2-4H3. The van der Waals surface area contributed by atoms with E-state index in [2.05, 4.69) is 38.7 Å². The summed E-state index contributed by atoms with van der Waals surface area (Å²) in [5, 5.41) is 3.68. The first kappa shape index (κ1) is 14.8. The molecule has 0 aromatic heterocycles. The van der Waals surface area contributed by atoms with Gasteiger partial charge in [-0.05, 0) is 62.8 Å². The molecule has 1 unspecified atom stereocenters. The first-order chi connectivity index (χ1) is 8.19. The van der Waals surface area contributed by atoms with Crippen LogP contribution in [0.15, 0.2) is 12.7 Å². The quantitative estimate of drug-likeness (QED) is 0.647. The van der Waals surface area contributed by atoms with Crippen molar-refractivity contribution in [1.82, 2.24) is 5.32 Å². The molecule has 0 aromatic rings. The van der Waals surface area contributed by atoms with Crippen LogP contribution in [0.3, 0.4) is 0 Å². The molecule has 100 valence electrons. The zero-order chi connectivity index (χ0) is 12.7. The molecule has 0 aromatic carbocycles. The van der Waals surface area contributed by atoms with E-state index >= 15 is 0 Å². The van der Waals surface area contributed by atoms with Gasteiger partial charge in [0.25, 0.3) is 0 Å². The average Bonchev–Trinajstić information content (AvgIpc) is 2.34. The summed E-state index contributed by atoms with van der Waals surface area (Å²) in [5.41, 5.74) is 0. The zero-order valence-corrected chi connectivity index (χ0v) is 12.0. The molecule has 0 spiro atoms. The Kier molecular flexibility index (Phi) is 6.87. The first-order valence-corrected chi connectivity index (χ1v) is 7.53. The molecule has 1 fully saturated rings. The van der Waals surface area contributed by atoms with Gasteiger partial charge in [0.1, 0.15) is 0 Å². The van der Waals surface area contributed by atoms with Crippen molar-refractivity contribution in [2.24, 2.45) is 17.8 Å². The molecule has 1 rings (SSSR count). The zero-order valence-electron chi connectivity index (χ0n) is 12.0. The largest absolute Gasteiger partial charge is 0.314 e. The van der Waals surface area contributed by atoms with Crippen molar-refractivity contribution in [3.8, 4) is 0 Å². The summed E-state index contributed by atoms with van der Waals surface area (Å²) >= 11 is 0. The lowest BCUT2D eigenvalue weighted by Crippen LogP contribution is -2.38. The van der Waals surface area contributed by atoms with Crippen LogP contribution in [0, 0.1) is 17.8 Å². The van der Waals surface area contributed by atoms with Crippen molar-refractivity contribution in [3.05, 3.63) is 12.7 Å². The predicted octanol–water partition coefficient (Wildman–Crippen LogP) is 4.39. The Morgan fingerprint density at radius 1 is 1.18 bits per heavy atom. The molecule has 0 radical (unpaired) electrons. The predicted molar refractivity (Wildman–Crippen MR) is 77.2 cm³/mol. The van der Waals surface area contributed by atoms with Gasteiger partial charge in [-0.15, -0.1) is 6.58 Å². The number of hydrogen-bond donors (Lipinski definition) is 1. The van der Waals surface area contributed by atoms with Gasteiger partial charge in [-0.25, -0.2) is 0 Å². The SMILES string of the molecule is C=CCCC(NCC)C1CCC(C(C)C)CC1. The number of rotatable bonds is 7. The summed E-state index contributed by atoms with van der Waals surface area (Å²) < 4.78 is 0. The molecule has 0 bridgehead atoms. The second-order valence-electron chi connectivity index (χ2n) is 5.95. The van der Waals surface area contributed by atoms with Crippen LogP contribution in [0.25, 0.3) is 0 Å². The van der Waals surface area contributed by atoms with E-state index in [-0.39, 0.29) is 0 Å². The monoisotopic (exact) mass is 237 g/mol. The summed E-state index contributed by atoms with van der Waals surface area (Å²) in [6, 6.07) is 0.728. The summed E-state index contributed by atoms with van der Waals surface area (Å²) in [5.74, 6) is 2.76. The van der Waals surface area contributed by atoms with Crippen molar-refractivity contribution in [2.45, 2.75) is 65.3 Å². The minimum Gasteiger partial charge on any atom is -0.314 e. The van der Waals surface area contributed by atoms with E-state index < -0.39 is 0 Å². The van der Waals surface area contributed by atoms with Crippen molar-refractivity contribution in [3.63, 3.8) is 0 Å². The van der Waals surface area contributed by atoms with E-state index in [1.165, 1.54) is 32.1 Å². The van der Waals surface area contributed by atoms with E-state index in [0.717, 1.165) is 36.8 Å². The molecule has 1 atom stereocenters. The minimum atomic E-state index is 0.728. The molecular formula is C16H31N. The fourth-order valence-electron chi connectivity index (χ4n) is 3.28. The number of allylic oxidation sites excluding steroid dienone is 1. The van der Waals surface area contributed by atoms with Gasteiger partial charge in [-0.3, -0.25) is 0 Å². The normalized spacial score (nSPS) is 27.1. The maximum atomic E-state index is 3.85. The van der Waals surface area contributed by atoms with Crippen molar-refractivity contribution < 1.29 is 0 Å². The Bertz CT molecular complexity index is 202. The van der Waals surface area contributed by atoms with Gasteiger partial charge >= 0.3 is 0 Å². The van der Waals surface area contributed by atoms with Crippen LogP contribution in [0.1, 0.15) is 59.3 Å². The van der Waals surface area contributed by atoms with Crippen molar-refractivity contribution in [1.29, 1.82) is 0 Å². The summed E-state index contributed by atoms with van der Waals surface area (Å²) in [6.45, 7) is 11.9. The first-order valence-electron chi connectivity index (χ1n) is 7.53. The molecule has 17 heavy (non-hydrogen) atoms. The number of hydrogen-bond acceptors (Lipinski definition) is 1. The molecule has 1 saturated carbocycles. The van der Waals surface area contributed by atoms with E-state index in [4.69, 9.17) is 0 Å². The lowest BCUT2D eigenvalue weighted by atomic mass is 9.74. The second-order valence-corrected chi connectivity index (χ2v) is 5.95. The maximum Gasteiger partial charge on any atom is 0.00981 e. The lowest BCUT2D eigenvalue weighted by molar-refractivity contribution is 0.185. The van der Waals surface area contributed by atoms with E-state index in [1.54, 1.807) is 0 Å². The summed E-state index contributed by atoms with van der Waals surface area (Å²) in [4.78, 5) is 0. The van der Waals surface area contributed by atoms with E-state index in [0.29, 0.717) is 0 Å². The molecule has 0 amide bonds. The molecule has 1 aliphatic carbocycles. The highest BCUT2D eigenvalue weighted by atomic mass is 14.9. The van der Waals surface area contributed by atoms with Gasteiger partial charge in [-0.2, -0.15) is 0 Å². The highest BCUT2D eigenvalue weighted by molar-refractivity contribution is 4.84. The Balaban J connectivity index is 2.39. The fraction of sp³-hybridized carbons (Fsp3) is 0.875. The Hall–Kier alpha value is -0.300. The Labute approximate surface area is 108 Å². The lowest BCUT2D eigenvalue weighted by Gasteiger charge is -2.35. The minimum absolute atomic E-state index is 0.728. The van der Waals surface area contributed by atoms with Crippen LogP contribution in [0.2, 0.25) is 0 Å². The van der Waals surface area contributed by atoms with Gasteiger partial charge in [0.05, 0.1) is 0 Å². The van der Waals surface area contributed by atoms with Crippen LogP contribution in [-0.2, 0) is 0 Å². The van der Waals surface area contributed by atoms with Crippen molar-refractivity contribution >= 4 is 0 Å². The Morgan fingerprint density at radius 2 is 1.76 bits per heavy atom. The summed E-state index contributed by atoms with van der Waals surface area (Å²) in [7, 11) is 0. The molecule has 0 heterocycles. The molecule has 0 aliphatic heterocycles. The molecule has 0 saturated heterocycles. The fourth-order valence-corrected chi connectivity index (χ4v) is 3.28. The third-order valence-electron chi connectivity index (χ3n) is 4.48. The van der Waals surface area contributed by atoms with Gasteiger partial charge in [0.15, 0.2) is 0 Å². The highest BCUT2D eigenvalue weighted by Crippen LogP contribution is 2.35. The molecular weight excluding hydrogens is 206 g/mol. The third kappa shape index (κ3) is 4.83. The topological polar surface area (TPSA) is 12.0 Å². The van der Waals surface area contributed by atoms with E-state index in [1.807, 2.05) is 0 Å². The van der Waals surface area contributed by atoms with Crippen LogP contribution in [0.4, 0.5) is 0 Å². The van der Waals surface area contributed by atoms with Gasteiger partial charge in [0.2, 0.25) is 0 Å². The average molecular weight is 237 g/mol. The van der Waals surface area contributed by atoms with Crippen LogP contribution >= 0.6 is 0 Å². The Morgan fingerprint density at radius 3 is 2.24 bits per heavy atom. The van der Waals surface area contributed by atoms with Crippen LogP contribution in [0.5, 0.6) is 0 Å². The van der Waals surface area contributed by atoms with Crippen molar-refractivity contribution in [2.75, 3.05) is 6.54 Å². The summed E-state index contributed by atoms with van der Waals surface area (Å²) in [6.07, 6.45) is 10.2. The molecule has 1 aliphatic rings. The maximum absolute atomic E-state index is 3.85. The number of nitrogens with one attached hydrogen (secondary N) is 1. The van der Waals surface area contributed by atoms with Crippen LogP contribution < -0.4 is 5.32 Å². The van der Waals surface area contributed by atoms with Gasteiger partial charge in [0, 0.05) is 6.04 Å². The molecule has 1 nitrogen and oxygen atoms in total. The molecule has 1 N–H and O–H groups in total. The molecule has 1 heteroatoms. The van der Waals surface area contributed by atoms with Gasteiger partial charge < -0.3 is 5.32 Å². The van der Waals surface area contributed by atoms with Gasteiger partial charge in [-0.1, -0.05) is 26.8 Å². The third-order valence-corrected chi connectivity index (χ3v) is 4.48. The highest BCUT2D eigenvalue weighted by Gasteiger charge is 2.27. The second kappa shape index (κ2) is 7.92. The van der Waals surface area contributed by atoms with Crippen LogP contribution in [-0.4, -0.2) is 12.6 Å².